The molecule has 0 bridgehead atoms. The summed E-state index contributed by atoms with van der Waals surface area (Å²) in [4.78, 5) is 12.3. The van der Waals surface area contributed by atoms with Gasteiger partial charge in [0.15, 0.2) is 5.82 Å². The zero-order valence-electron chi connectivity index (χ0n) is 15.7. The molecule has 2 heterocycles. The van der Waals surface area contributed by atoms with Crippen LogP contribution in [0.1, 0.15) is 30.7 Å². The van der Waals surface area contributed by atoms with Crippen LogP contribution in [0.2, 0.25) is 5.02 Å². The molecule has 29 heavy (non-hydrogen) atoms. The number of anilines is 1. The van der Waals surface area contributed by atoms with Crippen molar-refractivity contribution in [2.75, 3.05) is 5.32 Å². The van der Waals surface area contributed by atoms with Crippen molar-refractivity contribution in [2.45, 2.75) is 32.2 Å². The number of aryl methyl sites for hydroxylation is 1. The van der Waals surface area contributed by atoms with Crippen LogP contribution >= 0.6 is 11.6 Å². The second-order valence-electron chi connectivity index (χ2n) is 6.94. The number of aromatic nitrogens is 3. The van der Waals surface area contributed by atoms with Gasteiger partial charge in [0.05, 0.1) is 5.02 Å². The van der Waals surface area contributed by atoms with Gasteiger partial charge in [-0.2, -0.15) is 0 Å². The summed E-state index contributed by atoms with van der Waals surface area (Å²) in [5.41, 5.74) is 1.71. The van der Waals surface area contributed by atoms with E-state index in [0.717, 1.165) is 43.0 Å². The van der Waals surface area contributed by atoms with Gasteiger partial charge in [-0.05, 0) is 43.2 Å². The van der Waals surface area contributed by atoms with Crippen LogP contribution in [0.5, 0.6) is 0 Å². The predicted molar refractivity (Wildman–Crippen MR) is 112 cm³/mol. The lowest BCUT2D eigenvalue weighted by Gasteiger charge is -2.09. The van der Waals surface area contributed by atoms with Gasteiger partial charge in [0.25, 0.3) is 0 Å². The summed E-state index contributed by atoms with van der Waals surface area (Å²) in [5, 5.41) is 11.7. The lowest BCUT2D eigenvalue weighted by molar-refractivity contribution is -0.111. The second kappa shape index (κ2) is 8.57. The van der Waals surface area contributed by atoms with Gasteiger partial charge in [-0.3, -0.25) is 4.79 Å². The summed E-state index contributed by atoms with van der Waals surface area (Å²) < 4.78 is 16.0. The number of hydrogen-bond donors (Lipinski definition) is 1. The van der Waals surface area contributed by atoms with Crippen molar-refractivity contribution < 1.29 is 9.18 Å². The zero-order chi connectivity index (χ0) is 20.2. The molecule has 7 heteroatoms. The minimum atomic E-state index is -0.476. The Hall–Kier alpha value is -2.99. The molecular weight excluding hydrogens is 391 g/mol. The van der Waals surface area contributed by atoms with Crippen LogP contribution in [-0.4, -0.2) is 20.7 Å². The highest BCUT2D eigenvalue weighted by atomic mass is 35.5. The normalized spacial score (nSPS) is 13.9. The van der Waals surface area contributed by atoms with Gasteiger partial charge in [-0.1, -0.05) is 36.2 Å². The van der Waals surface area contributed by atoms with Crippen LogP contribution in [0.15, 0.2) is 48.5 Å². The van der Waals surface area contributed by atoms with Crippen molar-refractivity contribution in [3.63, 3.8) is 0 Å². The summed E-state index contributed by atoms with van der Waals surface area (Å²) in [6.45, 7) is 0.903. The molecule has 1 aliphatic heterocycles. The number of carbonyl (C=O) groups is 1. The van der Waals surface area contributed by atoms with Crippen LogP contribution in [0.3, 0.4) is 0 Å². The highest BCUT2D eigenvalue weighted by molar-refractivity contribution is 6.32. The van der Waals surface area contributed by atoms with E-state index < -0.39 is 5.82 Å². The van der Waals surface area contributed by atoms with E-state index in [-0.39, 0.29) is 16.5 Å². The Morgan fingerprint density at radius 1 is 1.14 bits per heavy atom. The molecule has 0 atom stereocenters. The number of amides is 1. The maximum absolute atomic E-state index is 13.8. The molecule has 0 spiro atoms. The van der Waals surface area contributed by atoms with E-state index in [1.54, 1.807) is 12.1 Å². The number of nitrogens with one attached hydrogen (secondary N) is 1. The summed E-state index contributed by atoms with van der Waals surface area (Å²) in [6.07, 6.45) is 7.00. The van der Waals surface area contributed by atoms with Gasteiger partial charge in [-0.15, -0.1) is 10.2 Å². The molecule has 1 aromatic heterocycles. The van der Waals surface area contributed by atoms with Gasteiger partial charge in [0, 0.05) is 35.9 Å². The number of rotatable bonds is 4. The molecule has 3 aromatic rings. The molecule has 5 nitrogen and oxygen atoms in total. The standard InChI is InChI=1S/C22H20ClFN4O/c23-18-8-5-9-19(24)17(18)11-12-21(29)25-16-7-4-6-15(14-16)22-27-26-20-10-2-1-3-13-28(20)22/h4-9,11-12,14H,1-3,10,13H2,(H,25,29)/b12-11+. The Bertz CT molecular complexity index is 1060. The van der Waals surface area contributed by atoms with Crippen LogP contribution in [-0.2, 0) is 17.8 Å². The largest absolute Gasteiger partial charge is 0.322 e. The van der Waals surface area contributed by atoms with Crippen LogP contribution in [0, 0.1) is 5.82 Å². The summed E-state index contributed by atoms with van der Waals surface area (Å²) in [6, 6.07) is 11.9. The lowest BCUT2D eigenvalue weighted by Crippen LogP contribution is -2.08. The molecule has 0 unspecified atom stereocenters. The first-order valence-electron chi connectivity index (χ1n) is 9.57. The molecule has 0 fully saturated rings. The molecule has 4 rings (SSSR count). The molecule has 1 amide bonds. The Morgan fingerprint density at radius 2 is 2.00 bits per heavy atom. The summed E-state index contributed by atoms with van der Waals surface area (Å²) >= 11 is 5.98. The third-order valence-corrected chi connectivity index (χ3v) is 5.23. The monoisotopic (exact) mass is 410 g/mol. The molecule has 2 aromatic carbocycles. The highest BCUT2D eigenvalue weighted by Gasteiger charge is 2.16. The van der Waals surface area contributed by atoms with Crippen molar-refractivity contribution in [2.24, 2.45) is 0 Å². The van der Waals surface area contributed by atoms with E-state index in [1.165, 1.54) is 30.7 Å². The molecule has 0 radical (unpaired) electrons. The average molecular weight is 411 g/mol. The first kappa shape index (κ1) is 19.3. The second-order valence-corrected chi connectivity index (χ2v) is 7.35. The number of halogens is 2. The third kappa shape index (κ3) is 4.38. The first-order valence-corrected chi connectivity index (χ1v) is 9.95. The predicted octanol–water partition coefficient (Wildman–Crippen LogP) is 5.12. The third-order valence-electron chi connectivity index (χ3n) is 4.90. The van der Waals surface area contributed by atoms with E-state index in [4.69, 9.17) is 11.6 Å². The molecular formula is C22H20ClFN4O. The van der Waals surface area contributed by atoms with Crippen LogP contribution in [0.4, 0.5) is 10.1 Å². The summed E-state index contributed by atoms with van der Waals surface area (Å²) in [7, 11) is 0. The van der Waals surface area contributed by atoms with Gasteiger partial charge in [0.1, 0.15) is 11.6 Å². The Balaban J connectivity index is 1.52. The zero-order valence-corrected chi connectivity index (χ0v) is 16.5. The topological polar surface area (TPSA) is 59.8 Å². The van der Waals surface area contributed by atoms with E-state index in [2.05, 4.69) is 20.1 Å². The quantitative estimate of drug-likeness (QED) is 0.607. The minimum absolute atomic E-state index is 0.184. The van der Waals surface area contributed by atoms with Gasteiger partial charge in [0.2, 0.25) is 5.91 Å². The van der Waals surface area contributed by atoms with Crippen LogP contribution in [0.25, 0.3) is 17.5 Å². The molecule has 1 aliphatic rings. The van der Waals surface area contributed by atoms with E-state index in [9.17, 15) is 9.18 Å². The maximum Gasteiger partial charge on any atom is 0.248 e. The number of nitrogens with zero attached hydrogens (tertiary/aromatic N) is 3. The fourth-order valence-electron chi connectivity index (χ4n) is 3.45. The summed E-state index contributed by atoms with van der Waals surface area (Å²) in [5.74, 6) is 0.973. The number of hydrogen-bond acceptors (Lipinski definition) is 3. The molecule has 0 aliphatic carbocycles. The number of fused-ring (bicyclic) bond motifs is 1. The van der Waals surface area contributed by atoms with Crippen molar-refractivity contribution in [1.29, 1.82) is 0 Å². The first-order chi connectivity index (χ1) is 14.1. The Kier molecular flexibility index (Phi) is 5.71. The molecule has 148 valence electrons. The minimum Gasteiger partial charge on any atom is -0.322 e. The molecule has 0 saturated carbocycles. The maximum atomic E-state index is 13.8. The van der Waals surface area contributed by atoms with Crippen molar-refractivity contribution in [3.05, 3.63) is 70.8 Å². The SMILES string of the molecule is O=C(/C=C/c1c(F)cccc1Cl)Nc1cccc(-c2nnc3n2CCCCC3)c1. The number of benzene rings is 2. The lowest BCUT2D eigenvalue weighted by atomic mass is 10.1. The fraction of sp³-hybridized carbons (Fsp3) is 0.227. The van der Waals surface area contributed by atoms with Crippen molar-refractivity contribution >= 4 is 29.3 Å². The van der Waals surface area contributed by atoms with Crippen LogP contribution < -0.4 is 5.32 Å². The van der Waals surface area contributed by atoms with Crippen molar-refractivity contribution in [3.8, 4) is 11.4 Å². The van der Waals surface area contributed by atoms with Gasteiger partial charge < -0.3 is 9.88 Å². The Labute approximate surface area is 173 Å². The average Bonchev–Trinajstić information content (AvgIpc) is 2.96. The molecule has 0 saturated heterocycles. The van der Waals surface area contributed by atoms with Gasteiger partial charge in [-0.25, -0.2) is 4.39 Å². The van der Waals surface area contributed by atoms with E-state index in [1.807, 2.05) is 18.2 Å². The van der Waals surface area contributed by atoms with E-state index >= 15 is 0 Å². The highest BCUT2D eigenvalue weighted by Crippen LogP contribution is 2.25. The fourth-order valence-corrected chi connectivity index (χ4v) is 3.67. The molecule has 1 N–H and O–H groups in total. The Morgan fingerprint density at radius 3 is 2.86 bits per heavy atom. The number of carbonyl (C=O) groups excluding carboxylic acids is 1. The smallest absolute Gasteiger partial charge is 0.248 e. The van der Waals surface area contributed by atoms with Gasteiger partial charge >= 0.3 is 0 Å². The van der Waals surface area contributed by atoms with Crippen molar-refractivity contribution in [1.82, 2.24) is 14.8 Å². The van der Waals surface area contributed by atoms with E-state index in [0.29, 0.717) is 5.69 Å².